The highest BCUT2D eigenvalue weighted by Crippen LogP contribution is 2.25. The number of carbonyl (C=O) groups is 1. The number of hydrogen-bond donors (Lipinski definition) is 3. The third-order valence-corrected chi connectivity index (χ3v) is 4.11. The lowest BCUT2D eigenvalue weighted by Crippen LogP contribution is -2.40. The summed E-state index contributed by atoms with van der Waals surface area (Å²) in [6.45, 7) is 6.99. The summed E-state index contributed by atoms with van der Waals surface area (Å²) in [5, 5.41) is 3.10. The molecule has 3 N–H and O–H groups in total. The second-order valence-corrected chi connectivity index (χ2v) is 6.54. The molecule has 122 valence electrons. The van der Waals surface area contributed by atoms with Crippen molar-refractivity contribution in [1.29, 1.82) is 0 Å². The number of carbonyl (C=O) groups excluding carboxylic acids is 1. The summed E-state index contributed by atoms with van der Waals surface area (Å²) < 4.78 is 13.0. The van der Waals surface area contributed by atoms with Gasteiger partial charge in [0.05, 0.1) is 12.0 Å². The summed E-state index contributed by atoms with van der Waals surface area (Å²) in [6.07, 6.45) is 2.09. The average molecular weight is 307 g/mol. The molecule has 22 heavy (non-hydrogen) atoms. The Hall–Kier alpha value is -1.46. The maximum absolute atomic E-state index is 13.0. The molecule has 4 nitrogen and oxygen atoms in total. The van der Waals surface area contributed by atoms with Gasteiger partial charge in [-0.15, -0.1) is 0 Å². The van der Waals surface area contributed by atoms with Gasteiger partial charge < -0.3 is 5.32 Å². The lowest BCUT2D eigenvalue weighted by Gasteiger charge is -2.21. The fourth-order valence-electron chi connectivity index (χ4n) is 2.73. The second kappa shape index (κ2) is 7.70. The van der Waals surface area contributed by atoms with E-state index in [4.69, 9.17) is 0 Å². The molecule has 1 aromatic carbocycles. The first-order valence-corrected chi connectivity index (χ1v) is 8.01. The molecule has 1 fully saturated rings. The van der Waals surface area contributed by atoms with Gasteiger partial charge in [-0.1, -0.05) is 26.0 Å². The smallest absolute Gasteiger partial charge is 0.226 e. The third kappa shape index (κ3) is 4.52. The van der Waals surface area contributed by atoms with E-state index in [-0.39, 0.29) is 29.7 Å². The second-order valence-electron chi connectivity index (χ2n) is 6.54. The predicted octanol–water partition coefficient (Wildman–Crippen LogP) is 2.53. The highest BCUT2D eigenvalue weighted by Gasteiger charge is 2.34. The van der Waals surface area contributed by atoms with Crippen LogP contribution >= 0.6 is 0 Å². The molecule has 0 aromatic heterocycles. The molecule has 1 aliphatic rings. The van der Waals surface area contributed by atoms with Crippen molar-refractivity contribution in [3.63, 3.8) is 0 Å². The number of amides is 1. The molecule has 0 spiro atoms. The average Bonchev–Trinajstić information content (AvgIpc) is 2.95. The van der Waals surface area contributed by atoms with Gasteiger partial charge >= 0.3 is 0 Å². The van der Waals surface area contributed by atoms with Crippen molar-refractivity contribution in [2.24, 2.45) is 11.8 Å². The van der Waals surface area contributed by atoms with E-state index in [1.165, 1.54) is 12.1 Å². The first kappa shape index (κ1) is 16.9. The van der Waals surface area contributed by atoms with Gasteiger partial charge in [0.2, 0.25) is 5.91 Å². The first-order valence-electron chi connectivity index (χ1n) is 8.01. The molecule has 1 saturated heterocycles. The Morgan fingerprint density at radius 3 is 2.59 bits per heavy atom. The van der Waals surface area contributed by atoms with Gasteiger partial charge in [0.15, 0.2) is 0 Å². The molecule has 5 heteroatoms. The zero-order valence-corrected chi connectivity index (χ0v) is 13.5. The van der Waals surface area contributed by atoms with Gasteiger partial charge in [0.25, 0.3) is 0 Å². The maximum atomic E-state index is 13.0. The van der Waals surface area contributed by atoms with Crippen LogP contribution in [0.3, 0.4) is 0 Å². The van der Waals surface area contributed by atoms with Crippen LogP contribution in [0.4, 0.5) is 4.39 Å². The molecule has 1 heterocycles. The molecule has 3 unspecified atom stereocenters. The van der Waals surface area contributed by atoms with Crippen molar-refractivity contribution in [2.75, 3.05) is 6.54 Å². The molecular weight excluding hydrogens is 281 g/mol. The number of benzene rings is 1. The van der Waals surface area contributed by atoms with Crippen LogP contribution in [-0.4, -0.2) is 18.5 Å². The summed E-state index contributed by atoms with van der Waals surface area (Å²) in [5.41, 5.74) is 7.07. The van der Waals surface area contributed by atoms with E-state index in [9.17, 15) is 9.18 Å². The Bertz CT molecular complexity index is 489. The third-order valence-electron chi connectivity index (χ3n) is 4.11. The van der Waals surface area contributed by atoms with Crippen molar-refractivity contribution >= 4 is 5.91 Å². The fraction of sp³-hybridized carbons (Fsp3) is 0.588. The van der Waals surface area contributed by atoms with Crippen LogP contribution in [0.25, 0.3) is 0 Å². The number of rotatable bonds is 6. The topological polar surface area (TPSA) is 53.2 Å². The fourth-order valence-corrected chi connectivity index (χ4v) is 2.73. The standard InChI is InChI=1S/C17H26FN3O/c1-11(2)4-5-12(3)20-17(22)15-10-19-21-16(15)13-6-8-14(18)9-7-13/h6-9,11-12,15-16,19,21H,4-5,10H2,1-3H3,(H,20,22). The van der Waals surface area contributed by atoms with Crippen molar-refractivity contribution in [3.8, 4) is 0 Å². The largest absolute Gasteiger partial charge is 0.353 e. The van der Waals surface area contributed by atoms with Crippen LogP contribution in [0.1, 0.15) is 45.2 Å². The van der Waals surface area contributed by atoms with Crippen molar-refractivity contribution in [3.05, 3.63) is 35.6 Å². The number of halogens is 1. The van der Waals surface area contributed by atoms with Gasteiger partial charge in [0, 0.05) is 12.6 Å². The zero-order valence-electron chi connectivity index (χ0n) is 13.5. The molecule has 0 aliphatic carbocycles. The van der Waals surface area contributed by atoms with Crippen LogP contribution in [-0.2, 0) is 4.79 Å². The van der Waals surface area contributed by atoms with Gasteiger partial charge in [-0.25, -0.2) is 9.82 Å². The Balaban J connectivity index is 1.95. The SMILES string of the molecule is CC(C)CCC(C)NC(=O)C1CNNC1c1ccc(F)cc1. The molecule has 1 amide bonds. The number of hydrogen-bond acceptors (Lipinski definition) is 3. The first-order chi connectivity index (χ1) is 10.5. The monoisotopic (exact) mass is 307 g/mol. The van der Waals surface area contributed by atoms with Gasteiger partial charge in [-0.05, 0) is 43.4 Å². The number of hydrazine groups is 1. The minimum atomic E-state index is -0.266. The van der Waals surface area contributed by atoms with E-state index >= 15 is 0 Å². The normalized spacial score (nSPS) is 22.8. The molecule has 1 aliphatic heterocycles. The minimum Gasteiger partial charge on any atom is -0.353 e. The Kier molecular flexibility index (Phi) is 5.91. The predicted molar refractivity (Wildman–Crippen MR) is 85.4 cm³/mol. The Morgan fingerprint density at radius 1 is 1.27 bits per heavy atom. The quantitative estimate of drug-likeness (QED) is 0.757. The van der Waals surface area contributed by atoms with Crippen molar-refractivity contribution in [2.45, 2.75) is 45.7 Å². The van der Waals surface area contributed by atoms with E-state index < -0.39 is 0 Å². The van der Waals surface area contributed by atoms with Crippen LogP contribution in [0, 0.1) is 17.7 Å². The van der Waals surface area contributed by atoms with Crippen LogP contribution < -0.4 is 16.2 Å². The molecular formula is C17H26FN3O. The van der Waals surface area contributed by atoms with Crippen molar-refractivity contribution < 1.29 is 9.18 Å². The summed E-state index contributed by atoms with van der Waals surface area (Å²) in [7, 11) is 0. The van der Waals surface area contributed by atoms with Crippen LogP contribution in [0.15, 0.2) is 24.3 Å². The van der Waals surface area contributed by atoms with E-state index in [1.807, 2.05) is 6.92 Å². The summed E-state index contributed by atoms with van der Waals surface area (Å²) in [5.74, 6) is 0.231. The van der Waals surface area contributed by atoms with E-state index in [0.29, 0.717) is 12.5 Å². The van der Waals surface area contributed by atoms with Gasteiger partial charge in [0.1, 0.15) is 5.82 Å². The van der Waals surface area contributed by atoms with E-state index in [1.54, 1.807) is 12.1 Å². The van der Waals surface area contributed by atoms with Gasteiger partial charge in [-0.3, -0.25) is 10.2 Å². The minimum absolute atomic E-state index is 0.0445. The van der Waals surface area contributed by atoms with E-state index in [0.717, 1.165) is 18.4 Å². The highest BCUT2D eigenvalue weighted by molar-refractivity contribution is 5.80. The van der Waals surface area contributed by atoms with Crippen LogP contribution in [0.5, 0.6) is 0 Å². The lowest BCUT2D eigenvalue weighted by atomic mass is 9.93. The molecule has 3 atom stereocenters. The van der Waals surface area contributed by atoms with E-state index in [2.05, 4.69) is 30.0 Å². The Morgan fingerprint density at radius 2 is 1.95 bits per heavy atom. The lowest BCUT2D eigenvalue weighted by molar-refractivity contribution is -0.125. The molecule has 2 rings (SSSR count). The molecule has 0 radical (unpaired) electrons. The summed E-state index contributed by atoms with van der Waals surface area (Å²) in [6, 6.07) is 6.35. The van der Waals surface area contributed by atoms with Crippen LogP contribution in [0.2, 0.25) is 0 Å². The highest BCUT2D eigenvalue weighted by atomic mass is 19.1. The molecule has 1 aromatic rings. The molecule has 0 bridgehead atoms. The zero-order chi connectivity index (χ0) is 16.1. The van der Waals surface area contributed by atoms with Crippen molar-refractivity contribution in [1.82, 2.24) is 16.2 Å². The summed E-state index contributed by atoms with van der Waals surface area (Å²) in [4.78, 5) is 12.5. The Labute approximate surface area is 131 Å². The van der Waals surface area contributed by atoms with Gasteiger partial charge in [-0.2, -0.15) is 0 Å². The maximum Gasteiger partial charge on any atom is 0.226 e. The number of nitrogens with one attached hydrogen (secondary N) is 3. The summed E-state index contributed by atoms with van der Waals surface area (Å²) >= 11 is 0. The molecule has 0 saturated carbocycles.